The van der Waals surface area contributed by atoms with Crippen molar-refractivity contribution in [3.8, 4) is 0 Å². The molecule has 2 N–H and O–H groups in total. The van der Waals surface area contributed by atoms with E-state index in [2.05, 4.69) is 17.2 Å². The molecule has 4 aliphatic carbocycles. The van der Waals surface area contributed by atoms with Gasteiger partial charge in [0.2, 0.25) is 0 Å². The second-order valence-corrected chi connectivity index (χ2v) is 8.23. The largest absolute Gasteiger partial charge is 0.451 e. The molecule has 0 spiro atoms. The molecule has 0 saturated heterocycles. The maximum Gasteiger partial charge on any atom is 0.355 e. The Morgan fingerprint density at radius 2 is 1.88 bits per heavy atom. The van der Waals surface area contributed by atoms with Crippen LogP contribution < -0.4 is 5.32 Å². The predicted octanol–water partition coefficient (Wildman–Crippen LogP) is 2.89. The Labute approximate surface area is 142 Å². The van der Waals surface area contributed by atoms with Gasteiger partial charge in [0.15, 0.2) is 6.61 Å². The molecule has 1 aromatic rings. The summed E-state index contributed by atoms with van der Waals surface area (Å²) in [5, 5.41) is 3.11. The zero-order chi connectivity index (χ0) is 16.7. The molecule has 0 radical (unpaired) electrons. The lowest BCUT2D eigenvalue weighted by Gasteiger charge is -2.59. The van der Waals surface area contributed by atoms with E-state index in [0.29, 0.717) is 5.69 Å². The summed E-state index contributed by atoms with van der Waals surface area (Å²) in [4.78, 5) is 26.8. The fourth-order valence-corrected chi connectivity index (χ4v) is 5.81. The number of H-pyrrole nitrogens is 1. The summed E-state index contributed by atoms with van der Waals surface area (Å²) in [6.45, 7) is 1.92. The zero-order valence-electron chi connectivity index (χ0n) is 14.2. The molecule has 4 aliphatic rings. The van der Waals surface area contributed by atoms with Gasteiger partial charge in [-0.3, -0.25) is 4.79 Å². The van der Waals surface area contributed by atoms with Crippen molar-refractivity contribution in [2.24, 2.45) is 23.2 Å². The van der Waals surface area contributed by atoms with Gasteiger partial charge in [-0.15, -0.1) is 0 Å². The summed E-state index contributed by atoms with van der Waals surface area (Å²) in [7, 11) is 0. The van der Waals surface area contributed by atoms with Crippen LogP contribution in [-0.2, 0) is 9.53 Å². The van der Waals surface area contributed by atoms with Crippen LogP contribution in [0.4, 0.5) is 0 Å². The second kappa shape index (κ2) is 5.94. The van der Waals surface area contributed by atoms with Crippen LogP contribution >= 0.6 is 0 Å². The number of esters is 1. The Bertz CT molecular complexity index is 587. The highest BCUT2D eigenvalue weighted by molar-refractivity contribution is 5.89. The second-order valence-electron chi connectivity index (χ2n) is 8.23. The third-order valence-corrected chi connectivity index (χ3v) is 6.53. The van der Waals surface area contributed by atoms with Gasteiger partial charge in [0.25, 0.3) is 5.91 Å². The van der Waals surface area contributed by atoms with E-state index in [1.165, 1.54) is 38.5 Å². The molecule has 4 fully saturated rings. The summed E-state index contributed by atoms with van der Waals surface area (Å²) in [6.07, 6.45) is 9.61. The van der Waals surface area contributed by atoms with Gasteiger partial charge in [-0.25, -0.2) is 4.79 Å². The van der Waals surface area contributed by atoms with E-state index >= 15 is 0 Å². The van der Waals surface area contributed by atoms with Gasteiger partial charge in [0.1, 0.15) is 5.69 Å². The number of rotatable bonds is 5. The Hall–Kier alpha value is -1.78. The summed E-state index contributed by atoms with van der Waals surface area (Å²) in [6, 6.07) is 3.52. The lowest BCUT2D eigenvalue weighted by molar-refractivity contribution is -0.128. The predicted molar refractivity (Wildman–Crippen MR) is 89.3 cm³/mol. The molecule has 24 heavy (non-hydrogen) atoms. The number of hydrogen-bond donors (Lipinski definition) is 2. The number of carbonyl (C=O) groups is 2. The first kappa shape index (κ1) is 15.7. The highest BCUT2D eigenvalue weighted by Gasteiger charge is 2.53. The van der Waals surface area contributed by atoms with Crippen molar-refractivity contribution in [1.82, 2.24) is 10.3 Å². The molecule has 4 saturated carbocycles. The molecule has 0 aliphatic heterocycles. The van der Waals surface area contributed by atoms with E-state index in [9.17, 15) is 9.59 Å². The van der Waals surface area contributed by atoms with E-state index in [1.807, 2.05) is 0 Å². The van der Waals surface area contributed by atoms with Crippen LogP contribution in [0.1, 0.15) is 55.9 Å². The Balaban J connectivity index is 1.32. The highest BCUT2D eigenvalue weighted by atomic mass is 16.5. The summed E-state index contributed by atoms with van der Waals surface area (Å²) < 4.78 is 5.09. The standard InChI is InChI=1S/C19H26N2O3/c1-12(19-8-13-5-14(9-19)7-15(6-13)10-19)21-17(22)11-24-18(23)16-3-2-4-20-16/h2-4,12-15,20H,5-11H2,1H3,(H,21,22)/t12-,13?,14?,15?,19?/m1/s1. The van der Waals surface area contributed by atoms with E-state index in [1.54, 1.807) is 18.3 Å². The fourth-order valence-electron chi connectivity index (χ4n) is 5.81. The molecule has 1 heterocycles. The van der Waals surface area contributed by atoms with Crippen LogP contribution in [0.15, 0.2) is 18.3 Å². The zero-order valence-corrected chi connectivity index (χ0v) is 14.2. The molecule has 5 heteroatoms. The number of nitrogens with one attached hydrogen (secondary N) is 2. The average molecular weight is 330 g/mol. The SMILES string of the molecule is C[C@@H](NC(=O)COC(=O)c1ccc[nH]1)C12CC3CC(CC(C3)C1)C2. The Morgan fingerprint density at radius 3 is 2.42 bits per heavy atom. The molecular weight excluding hydrogens is 304 g/mol. The van der Waals surface area contributed by atoms with Crippen molar-refractivity contribution >= 4 is 11.9 Å². The number of carbonyl (C=O) groups excluding carboxylic acids is 2. The maximum atomic E-state index is 12.2. The molecule has 0 unspecified atom stereocenters. The minimum absolute atomic E-state index is 0.155. The van der Waals surface area contributed by atoms with Gasteiger partial charge in [-0.1, -0.05) is 0 Å². The van der Waals surface area contributed by atoms with Crippen LogP contribution in [0.3, 0.4) is 0 Å². The van der Waals surface area contributed by atoms with Crippen LogP contribution in [0.25, 0.3) is 0 Å². The third kappa shape index (κ3) is 2.85. The van der Waals surface area contributed by atoms with Crippen molar-refractivity contribution in [1.29, 1.82) is 0 Å². The smallest absolute Gasteiger partial charge is 0.355 e. The molecule has 0 aromatic carbocycles. The van der Waals surface area contributed by atoms with Crippen molar-refractivity contribution in [3.05, 3.63) is 24.0 Å². The molecule has 5 nitrogen and oxygen atoms in total. The topological polar surface area (TPSA) is 71.2 Å². The van der Waals surface area contributed by atoms with Gasteiger partial charge < -0.3 is 15.0 Å². The minimum atomic E-state index is -0.488. The Morgan fingerprint density at radius 1 is 1.25 bits per heavy atom. The van der Waals surface area contributed by atoms with Crippen LogP contribution in [0.2, 0.25) is 0 Å². The first-order chi connectivity index (χ1) is 11.5. The van der Waals surface area contributed by atoms with Gasteiger partial charge in [-0.05, 0) is 80.8 Å². The van der Waals surface area contributed by atoms with Crippen LogP contribution in [0.5, 0.6) is 0 Å². The molecular formula is C19H26N2O3. The summed E-state index contributed by atoms with van der Waals surface area (Å²) >= 11 is 0. The maximum absolute atomic E-state index is 12.2. The van der Waals surface area contributed by atoms with Gasteiger partial charge in [0, 0.05) is 12.2 Å². The average Bonchev–Trinajstić information content (AvgIpc) is 3.05. The lowest BCUT2D eigenvalue weighted by Crippen LogP contribution is -2.56. The fraction of sp³-hybridized carbons (Fsp3) is 0.684. The third-order valence-electron chi connectivity index (χ3n) is 6.53. The molecule has 130 valence electrons. The number of amides is 1. The number of aromatic nitrogens is 1. The van der Waals surface area contributed by atoms with Crippen LogP contribution in [-0.4, -0.2) is 29.5 Å². The number of ether oxygens (including phenoxy) is 1. The van der Waals surface area contributed by atoms with Gasteiger partial charge in [0.05, 0.1) is 0 Å². The molecule has 5 rings (SSSR count). The molecule has 1 atom stereocenters. The normalized spacial score (nSPS) is 34.8. The monoisotopic (exact) mass is 330 g/mol. The van der Waals surface area contributed by atoms with Gasteiger partial charge in [-0.2, -0.15) is 0 Å². The number of hydrogen-bond acceptors (Lipinski definition) is 3. The first-order valence-electron chi connectivity index (χ1n) is 9.14. The van der Waals surface area contributed by atoms with Crippen molar-refractivity contribution in [2.45, 2.75) is 51.5 Å². The van der Waals surface area contributed by atoms with E-state index in [4.69, 9.17) is 4.74 Å². The Kier molecular flexibility index (Phi) is 3.89. The highest BCUT2D eigenvalue weighted by Crippen LogP contribution is 2.61. The number of aromatic amines is 1. The van der Waals surface area contributed by atoms with Gasteiger partial charge >= 0.3 is 5.97 Å². The van der Waals surface area contributed by atoms with E-state index in [0.717, 1.165) is 17.8 Å². The van der Waals surface area contributed by atoms with Crippen molar-refractivity contribution in [2.75, 3.05) is 6.61 Å². The molecule has 4 bridgehead atoms. The van der Waals surface area contributed by atoms with Crippen LogP contribution in [0, 0.1) is 23.2 Å². The molecule has 1 amide bonds. The minimum Gasteiger partial charge on any atom is -0.451 e. The van der Waals surface area contributed by atoms with E-state index in [-0.39, 0.29) is 24.0 Å². The summed E-state index contributed by atoms with van der Waals surface area (Å²) in [5.41, 5.74) is 0.644. The molecule has 1 aromatic heterocycles. The lowest BCUT2D eigenvalue weighted by atomic mass is 9.48. The summed E-state index contributed by atoms with van der Waals surface area (Å²) in [5.74, 6) is 1.90. The van der Waals surface area contributed by atoms with Crippen molar-refractivity contribution < 1.29 is 14.3 Å². The van der Waals surface area contributed by atoms with E-state index < -0.39 is 5.97 Å². The van der Waals surface area contributed by atoms with Crippen molar-refractivity contribution in [3.63, 3.8) is 0 Å². The quantitative estimate of drug-likeness (QED) is 0.816. The first-order valence-corrected chi connectivity index (χ1v) is 9.14.